The maximum absolute atomic E-state index is 12.0. The van der Waals surface area contributed by atoms with Gasteiger partial charge in [-0.15, -0.1) is 11.8 Å². The summed E-state index contributed by atoms with van der Waals surface area (Å²) in [5.41, 5.74) is 1.90. The highest BCUT2D eigenvalue weighted by Gasteiger charge is 2.12. The Labute approximate surface area is 151 Å². The minimum atomic E-state index is -0.512. The number of halogens is 1. The summed E-state index contributed by atoms with van der Waals surface area (Å²) in [6.07, 6.45) is 0. The van der Waals surface area contributed by atoms with Gasteiger partial charge >= 0.3 is 0 Å². The van der Waals surface area contributed by atoms with Gasteiger partial charge in [-0.3, -0.25) is 14.9 Å². The second kappa shape index (κ2) is 8.47. The van der Waals surface area contributed by atoms with E-state index in [1.54, 1.807) is 12.1 Å². The number of amides is 1. The molecule has 0 aliphatic heterocycles. The highest BCUT2D eigenvalue weighted by molar-refractivity contribution is 9.10. The molecule has 122 valence electrons. The van der Waals surface area contributed by atoms with E-state index in [1.165, 1.54) is 30.0 Å². The number of nitrogens with one attached hydrogen (secondary N) is 1. The number of nitro benzene ring substituents is 1. The summed E-state index contributed by atoms with van der Waals surface area (Å²) in [5.74, 6) is 0.611. The number of carbonyl (C=O) groups excluding carboxylic acids is 1. The summed E-state index contributed by atoms with van der Waals surface area (Å²) < 4.78 is 0.582. The van der Waals surface area contributed by atoms with Gasteiger partial charge in [0.25, 0.3) is 5.69 Å². The van der Waals surface area contributed by atoms with E-state index in [4.69, 9.17) is 5.26 Å². The molecule has 2 rings (SSSR count). The minimum Gasteiger partial charge on any atom is -0.324 e. The van der Waals surface area contributed by atoms with E-state index in [0.717, 1.165) is 5.56 Å². The molecular weight excluding hydrogens is 394 g/mol. The number of hydrogen-bond acceptors (Lipinski definition) is 5. The molecule has 0 unspecified atom stereocenters. The molecule has 0 saturated carbocycles. The molecule has 0 saturated heterocycles. The minimum absolute atomic E-state index is 0.0845. The molecule has 0 bridgehead atoms. The second-order valence-electron chi connectivity index (χ2n) is 4.77. The van der Waals surface area contributed by atoms with Crippen LogP contribution in [0.4, 0.5) is 11.4 Å². The van der Waals surface area contributed by atoms with Gasteiger partial charge in [-0.1, -0.05) is 12.1 Å². The summed E-state index contributed by atoms with van der Waals surface area (Å²) in [7, 11) is 0. The molecule has 0 heterocycles. The lowest BCUT2D eigenvalue weighted by atomic mass is 10.2. The third-order valence-corrected chi connectivity index (χ3v) is 4.72. The molecule has 0 aliphatic rings. The molecule has 0 aliphatic carbocycles. The van der Waals surface area contributed by atoms with Crippen molar-refractivity contribution in [3.8, 4) is 6.07 Å². The highest BCUT2D eigenvalue weighted by atomic mass is 79.9. The van der Waals surface area contributed by atoms with Crippen LogP contribution in [0.3, 0.4) is 0 Å². The zero-order chi connectivity index (χ0) is 17.5. The molecular formula is C16H12BrN3O3S. The predicted molar refractivity (Wildman–Crippen MR) is 96.7 cm³/mol. The van der Waals surface area contributed by atoms with E-state index in [9.17, 15) is 14.9 Å². The van der Waals surface area contributed by atoms with Crippen molar-refractivity contribution >= 4 is 45.0 Å². The number of anilines is 1. The van der Waals surface area contributed by atoms with Gasteiger partial charge < -0.3 is 5.32 Å². The summed E-state index contributed by atoms with van der Waals surface area (Å²) in [5, 5.41) is 22.2. The molecule has 2 aromatic carbocycles. The van der Waals surface area contributed by atoms with Gasteiger partial charge in [-0.25, -0.2) is 0 Å². The normalized spacial score (nSPS) is 10.0. The molecule has 0 fully saturated rings. The van der Waals surface area contributed by atoms with Crippen molar-refractivity contribution in [2.45, 2.75) is 5.75 Å². The molecule has 8 heteroatoms. The van der Waals surface area contributed by atoms with Crippen molar-refractivity contribution in [1.82, 2.24) is 0 Å². The number of hydrogen-bond donors (Lipinski definition) is 1. The van der Waals surface area contributed by atoms with Crippen molar-refractivity contribution in [3.05, 3.63) is 68.2 Å². The van der Waals surface area contributed by atoms with Crippen LogP contribution in [-0.2, 0) is 10.5 Å². The van der Waals surface area contributed by atoms with Gasteiger partial charge in [0, 0.05) is 22.4 Å². The number of nitriles is 1. The third-order valence-electron chi connectivity index (χ3n) is 3.02. The predicted octanol–water partition coefficient (Wildman–Crippen LogP) is 4.10. The number of benzene rings is 2. The molecule has 0 atom stereocenters. The largest absolute Gasteiger partial charge is 0.324 e. The first kappa shape index (κ1) is 18.0. The van der Waals surface area contributed by atoms with E-state index in [-0.39, 0.29) is 17.3 Å². The Morgan fingerprint density at radius 3 is 2.62 bits per heavy atom. The summed E-state index contributed by atoms with van der Waals surface area (Å²) >= 11 is 4.68. The molecule has 1 amide bonds. The van der Waals surface area contributed by atoms with Crippen molar-refractivity contribution in [2.75, 3.05) is 11.1 Å². The molecule has 24 heavy (non-hydrogen) atoms. The van der Waals surface area contributed by atoms with Gasteiger partial charge in [0.2, 0.25) is 5.91 Å². The molecule has 6 nitrogen and oxygen atoms in total. The Morgan fingerprint density at radius 1 is 1.29 bits per heavy atom. The summed E-state index contributed by atoms with van der Waals surface area (Å²) in [6.45, 7) is 0. The number of thioether (sulfide) groups is 1. The van der Waals surface area contributed by atoms with Crippen LogP contribution in [0.25, 0.3) is 0 Å². The van der Waals surface area contributed by atoms with Gasteiger partial charge in [-0.2, -0.15) is 5.26 Å². The smallest absolute Gasteiger partial charge is 0.271 e. The van der Waals surface area contributed by atoms with Crippen molar-refractivity contribution in [3.63, 3.8) is 0 Å². The van der Waals surface area contributed by atoms with Crippen LogP contribution in [0.1, 0.15) is 11.1 Å². The van der Waals surface area contributed by atoms with Crippen LogP contribution in [0.2, 0.25) is 0 Å². The lowest BCUT2D eigenvalue weighted by molar-refractivity contribution is -0.384. The average molecular weight is 406 g/mol. The fourth-order valence-electron chi connectivity index (χ4n) is 1.85. The Hall–Kier alpha value is -2.37. The summed E-state index contributed by atoms with van der Waals surface area (Å²) in [6, 6.07) is 13.4. The standard InChI is InChI=1S/C16H12BrN3O3S/c17-14-6-5-13(20(22)23)7-15(14)19-16(21)10-24-9-12-3-1-11(8-18)2-4-12/h1-7H,9-10H2,(H,19,21). The van der Waals surface area contributed by atoms with Gasteiger partial charge in [0.1, 0.15) is 0 Å². The first-order valence-electron chi connectivity index (χ1n) is 6.80. The Kier molecular flexibility index (Phi) is 6.35. The topological polar surface area (TPSA) is 96.0 Å². The monoisotopic (exact) mass is 405 g/mol. The van der Waals surface area contributed by atoms with Crippen LogP contribution in [0, 0.1) is 21.4 Å². The Bertz CT molecular complexity index is 803. The first-order valence-corrected chi connectivity index (χ1v) is 8.75. The van der Waals surface area contributed by atoms with Crippen LogP contribution in [0.5, 0.6) is 0 Å². The molecule has 1 N–H and O–H groups in total. The molecule has 0 spiro atoms. The first-order chi connectivity index (χ1) is 11.5. The molecule has 2 aromatic rings. The lowest BCUT2D eigenvalue weighted by Gasteiger charge is -2.07. The van der Waals surface area contributed by atoms with Crippen LogP contribution in [0.15, 0.2) is 46.9 Å². The van der Waals surface area contributed by atoms with Gasteiger partial charge in [-0.05, 0) is 39.7 Å². The molecule has 0 radical (unpaired) electrons. The van der Waals surface area contributed by atoms with Crippen molar-refractivity contribution in [1.29, 1.82) is 5.26 Å². The van der Waals surface area contributed by atoms with E-state index in [1.807, 2.05) is 12.1 Å². The third kappa shape index (κ3) is 5.08. The Morgan fingerprint density at radius 2 is 2.00 bits per heavy atom. The summed E-state index contributed by atoms with van der Waals surface area (Å²) in [4.78, 5) is 22.2. The zero-order valence-electron chi connectivity index (χ0n) is 12.4. The van der Waals surface area contributed by atoms with Crippen molar-refractivity contribution in [2.24, 2.45) is 0 Å². The van der Waals surface area contributed by atoms with E-state index < -0.39 is 4.92 Å². The second-order valence-corrected chi connectivity index (χ2v) is 6.61. The van der Waals surface area contributed by atoms with E-state index in [2.05, 4.69) is 27.3 Å². The maximum atomic E-state index is 12.0. The average Bonchev–Trinajstić information content (AvgIpc) is 2.57. The molecule has 0 aromatic heterocycles. The zero-order valence-corrected chi connectivity index (χ0v) is 14.8. The van der Waals surface area contributed by atoms with E-state index in [0.29, 0.717) is 21.5 Å². The number of nitro groups is 1. The van der Waals surface area contributed by atoms with Gasteiger partial charge in [0.15, 0.2) is 0 Å². The fraction of sp³-hybridized carbons (Fsp3) is 0.125. The Balaban J connectivity index is 1.88. The van der Waals surface area contributed by atoms with Crippen LogP contribution in [-0.4, -0.2) is 16.6 Å². The highest BCUT2D eigenvalue weighted by Crippen LogP contribution is 2.27. The SMILES string of the molecule is N#Cc1ccc(CSCC(=O)Nc2cc([N+](=O)[O-])ccc2Br)cc1. The van der Waals surface area contributed by atoms with Crippen LogP contribution >= 0.6 is 27.7 Å². The number of carbonyl (C=O) groups is 1. The fourth-order valence-corrected chi connectivity index (χ4v) is 2.98. The van der Waals surface area contributed by atoms with E-state index >= 15 is 0 Å². The number of non-ortho nitro benzene ring substituents is 1. The van der Waals surface area contributed by atoms with Gasteiger partial charge in [0.05, 0.1) is 28.0 Å². The quantitative estimate of drug-likeness (QED) is 0.576. The maximum Gasteiger partial charge on any atom is 0.271 e. The lowest BCUT2D eigenvalue weighted by Crippen LogP contribution is -2.14. The van der Waals surface area contributed by atoms with Crippen LogP contribution < -0.4 is 5.32 Å². The number of rotatable bonds is 6. The number of nitrogens with zero attached hydrogens (tertiary/aromatic N) is 2. The van der Waals surface area contributed by atoms with Crippen molar-refractivity contribution < 1.29 is 9.72 Å².